The van der Waals surface area contributed by atoms with Crippen molar-refractivity contribution in [2.45, 2.75) is 44.6 Å². The number of carbonyl (C=O) groups is 2. The van der Waals surface area contributed by atoms with Gasteiger partial charge in [-0.1, -0.05) is 25.0 Å². The maximum atomic E-state index is 12.8. The predicted octanol–water partition coefficient (Wildman–Crippen LogP) is 2.15. The fourth-order valence-electron chi connectivity index (χ4n) is 5.03. The first-order valence-electron chi connectivity index (χ1n) is 9.77. The monoisotopic (exact) mass is 370 g/mol. The summed E-state index contributed by atoms with van der Waals surface area (Å²) in [5.74, 6) is 0.0857. The molecule has 6 heteroatoms. The average Bonchev–Trinajstić information content (AvgIpc) is 3.35. The molecule has 5 nitrogen and oxygen atoms in total. The first kappa shape index (κ1) is 16.4. The van der Waals surface area contributed by atoms with Crippen molar-refractivity contribution in [1.82, 2.24) is 9.88 Å². The zero-order valence-electron chi connectivity index (χ0n) is 14.8. The van der Waals surface area contributed by atoms with Crippen LogP contribution in [-0.2, 0) is 9.59 Å². The molecule has 0 spiro atoms. The highest BCUT2D eigenvalue weighted by atomic mass is 32.1. The number of amides is 2. The quantitative estimate of drug-likeness (QED) is 0.843. The summed E-state index contributed by atoms with van der Waals surface area (Å²) in [4.78, 5) is 33.3. The number of para-hydroxylation sites is 1. The van der Waals surface area contributed by atoms with Gasteiger partial charge in [0.05, 0.1) is 28.6 Å². The molecule has 3 aliphatic rings. The molecule has 3 fully saturated rings. The number of fused-ring (bicyclic) bond motifs is 2. The van der Waals surface area contributed by atoms with Crippen molar-refractivity contribution in [2.24, 2.45) is 11.8 Å². The standard InChI is InChI=1S/C20H23N3O2S/c24-19-13-6-1-2-7-14(13)20(25)23(19)12-22-11-5-9-16(22)18-21-15-8-3-4-10-17(15)26-18/h3-4,8,10,13-14,16H,1-2,5-7,9,11-12H2/p+1/t13-,14+,16-/m1/s1. The molecule has 2 amide bonds. The highest BCUT2D eigenvalue weighted by molar-refractivity contribution is 7.18. The normalized spacial score (nSPS) is 31.8. The Hall–Kier alpha value is -1.79. The molecule has 1 unspecified atom stereocenters. The summed E-state index contributed by atoms with van der Waals surface area (Å²) in [6, 6.07) is 8.54. The van der Waals surface area contributed by atoms with Crippen molar-refractivity contribution < 1.29 is 14.5 Å². The molecule has 4 atom stereocenters. The predicted molar refractivity (Wildman–Crippen MR) is 99.6 cm³/mol. The van der Waals surface area contributed by atoms with Crippen LogP contribution < -0.4 is 4.90 Å². The highest BCUT2D eigenvalue weighted by Crippen LogP contribution is 2.37. The van der Waals surface area contributed by atoms with Crippen LogP contribution >= 0.6 is 11.3 Å². The first-order chi connectivity index (χ1) is 12.7. The van der Waals surface area contributed by atoms with Crippen LogP contribution in [0.3, 0.4) is 0 Å². The molecule has 1 saturated carbocycles. The van der Waals surface area contributed by atoms with Gasteiger partial charge < -0.3 is 4.90 Å². The topological polar surface area (TPSA) is 54.7 Å². The maximum absolute atomic E-state index is 12.8. The average molecular weight is 370 g/mol. The maximum Gasteiger partial charge on any atom is 0.237 e. The minimum atomic E-state index is -0.0425. The summed E-state index contributed by atoms with van der Waals surface area (Å²) in [6.07, 6.45) is 6.15. The highest BCUT2D eigenvalue weighted by Gasteiger charge is 2.50. The molecule has 2 saturated heterocycles. The summed E-state index contributed by atoms with van der Waals surface area (Å²) in [7, 11) is 0. The van der Waals surface area contributed by atoms with E-state index < -0.39 is 0 Å². The number of benzene rings is 1. The van der Waals surface area contributed by atoms with Gasteiger partial charge in [0, 0.05) is 12.8 Å². The molecule has 3 heterocycles. The Balaban J connectivity index is 1.37. The molecule has 5 rings (SSSR count). The number of nitrogens with zero attached hydrogens (tertiary/aromatic N) is 2. The van der Waals surface area contributed by atoms with Crippen molar-refractivity contribution >= 4 is 33.4 Å². The van der Waals surface area contributed by atoms with Crippen LogP contribution in [-0.4, -0.2) is 34.9 Å². The minimum Gasteiger partial charge on any atom is -0.309 e. The van der Waals surface area contributed by atoms with Crippen molar-refractivity contribution in [3.63, 3.8) is 0 Å². The van der Waals surface area contributed by atoms with E-state index in [-0.39, 0.29) is 23.7 Å². The van der Waals surface area contributed by atoms with Crippen molar-refractivity contribution in [2.75, 3.05) is 13.2 Å². The number of nitrogens with one attached hydrogen (secondary N) is 1. The Bertz CT molecular complexity index is 807. The van der Waals surface area contributed by atoms with Crippen LogP contribution in [0.2, 0.25) is 0 Å². The van der Waals surface area contributed by atoms with Gasteiger partial charge >= 0.3 is 0 Å². The third-order valence-electron chi connectivity index (χ3n) is 6.39. The van der Waals surface area contributed by atoms with Crippen molar-refractivity contribution in [1.29, 1.82) is 0 Å². The van der Waals surface area contributed by atoms with Gasteiger partial charge in [-0.3, -0.25) is 9.59 Å². The summed E-state index contributed by atoms with van der Waals surface area (Å²) in [5.41, 5.74) is 1.05. The van der Waals surface area contributed by atoms with Gasteiger partial charge in [-0.15, -0.1) is 11.3 Å². The van der Waals surface area contributed by atoms with Gasteiger partial charge in [0.2, 0.25) is 11.8 Å². The lowest BCUT2D eigenvalue weighted by Crippen LogP contribution is -3.12. The molecule has 1 N–H and O–H groups in total. The SMILES string of the molecule is O=C1[C@H]2CCCC[C@H]2C(=O)N1C[NH+]1CCC[C@@H]1c1nc2ccccc2s1. The molecule has 2 aliphatic heterocycles. The molecule has 0 radical (unpaired) electrons. The second-order valence-corrected chi connectivity index (χ2v) is 8.95. The third kappa shape index (κ3) is 2.58. The van der Waals surface area contributed by atoms with E-state index in [1.807, 2.05) is 12.1 Å². The smallest absolute Gasteiger partial charge is 0.237 e. The van der Waals surface area contributed by atoms with Crippen LogP contribution in [0.4, 0.5) is 0 Å². The Labute approximate surface area is 157 Å². The van der Waals surface area contributed by atoms with E-state index in [0.29, 0.717) is 12.7 Å². The number of quaternary nitrogens is 1. The molecule has 136 valence electrons. The second kappa shape index (κ2) is 6.43. The number of likely N-dealkylation sites (tertiary alicyclic amines) is 2. The minimum absolute atomic E-state index is 0.0425. The van der Waals surface area contributed by atoms with E-state index in [2.05, 4.69) is 12.1 Å². The molecular formula is C20H24N3O2S+. The summed E-state index contributed by atoms with van der Waals surface area (Å²) < 4.78 is 1.22. The van der Waals surface area contributed by atoms with Gasteiger partial charge in [-0.05, 0) is 25.0 Å². The lowest BCUT2D eigenvalue weighted by Gasteiger charge is -2.24. The summed E-state index contributed by atoms with van der Waals surface area (Å²) in [6.45, 7) is 1.53. The van der Waals surface area contributed by atoms with E-state index in [0.717, 1.165) is 55.6 Å². The van der Waals surface area contributed by atoms with Crippen LogP contribution in [0.5, 0.6) is 0 Å². The lowest BCUT2D eigenvalue weighted by molar-refractivity contribution is -0.925. The Morgan fingerprint density at radius 1 is 1.04 bits per heavy atom. The number of hydrogen-bond acceptors (Lipinski definition) is 4. The van der Waals surface area contributed by atoms with Gasteiger partial charge in [-0.25, -0.2) is 9.88 Å². The molecule has 26 heavy (non-hydrogen) atoms. The molecule has 1 aliphatic carbocycles. The molecule has 2 aromatic rings. The zero-order chi connectivity index (χ0) is 17.7. The van der Waals surface area contributed by atoms with E-state index in [4.69, 9.17) is 4.98 Å². The van der Waals surface area contributed by atoms with E-state index in [1.165, 1.54) is 9.60 Å². The number of aromatic nitrogens is 1. The van der Waals surface area contributed by atoms with E-state index in [1.54, 1.807) is 16.2 Å². The fourth-order valence-corrected chi connectivity index (χ4v) is 6.19. The van der Waals surface area contributed by atoms with E-state index >= 15 is 0 Å². The molecule has 1 aromatic heterocycles. The zero-order valence-corrected chi connectivity index (χ0v) is 15.6. The van der Waals surface area contributed by atoms with E-state index in [9.17, 15) is 9.59 Å². The molecule has 0 bridgehead atoms. The summed E-state index contributed by atoms with van der Waals surface area (Å²) >= 11 is 1.76. The van der Waals surface area contributed by atoms with Crippen LogP contribution in [0, 0.1) is 11.8 Å². The van der Waals surface area contributed by atoms with Crippen LogP contribution in [0.15, 0.2) is 24.3 Å². The Kier molecular flexibility index (Phi) is 4.05. The lowest BCUT2D eigenvalue weighted by atomic mass is 9.81. The third-order valence-corrected chi connectivity index (χ3v) is 7.54. The fraction of sp³-hybridized carbons (Fsp3) is 0.550. The van der Waals surface area contributed by atoms with Gasteiger partial charge in [0.1, 0.15) is 6.04 Å². The van der Waals surface area contributed by atoms with Gasteiger partial charge in [-0.2, -0.15) is 0 Å². The molecular weight excluding hydrogens is 346 g/mol. The largest absolute Gasteiger partial charge is 0.309 e. The first-order valence-corrected chi connectivity index (χ1v) is 10.6. The van der Waals surface area contributed by atoms with Gasteiger partial charge in [0.15, 0.2) is 11.7 Å². The Morgan fingerprint density at radius 3 is 2.50 bits per heavy atom. The number of rotatable bonds is 3. The number of carbonyl (C=O) groups excluding carboxylic acids is 2. The number of imide groups is 1. The van der Waals surface area contributed by atoms with Crippen molar-refractivity contribution in [3.05, 3.63) is 29.3 Å². The van der Waals surface area contributed by atoms with Gasteiger partial charge in [0.25, 0.3) is 0 Å². The summed E-state index contributed by atoms with van der Waals surface area (Å²) in [5, 5.41) is 1.15. The van der Waals surface area contributed by atoms with Crippen molar-refractivity contribution in [3.8, 4) is 0 Å². The Morgan fingerprint density at radius 2 is 1.77 bits per heavy atom. The van der Waals surface area contributed by atoms with Crippen LogP contribution in [0.1, 0.15) is 49.6 Å². The second-order valence-electron chi connectivity index (χ2n) is 7.88. The molecule has 1 aromatic carbocycles. The number of hydrogen-bond donors (Lipinski definition) is 1. The van der Waals surface area contributed by atoms with Crippen LogP contribution in [0.25, 0.3) is 10.2 Å². The number of thiazole rings is 1.